The molecule has 25 heavy (non-hydrogen) atoms. The second-order valence-corrected chi connectivity index (χ2v) is 9.01. The Labute approximate surface area is 156 Å². The molecule has 1 aromatic carbocycles. The van der Waals surface area contributed by atoms with Gasteiger partial charge in [-0.05, 0) is 68.5 Å². The molecule has 0 aromatic heterocycles. The summed E-state index contributed by atoms with van der Waals surface area (Å²) in [6, 6.07) is 5.43. The summed E-state index contributed by atoms with van der Waals surface area (Å²) in [5.74, 6) is 0.336. The van der Waals surface area contributed by atoms with Crippen LogP contribution in [0.3, 0.4) is 0 Å². The van der Waals surface area contributed by atoms with Crippen molar-refractivity contribution in [2.45, 2.75) is 37.0 Å². The molecule has 0 radical (unpaired) electrons. The second kappa shape index (κ2) is 8.52. The largest absolute Gasteiger partial charge is 0.342 e. The van der Waals surface area contributed by atoms with Crippen molar-refractivity contribution in [3.8, 4) is 0 Å². The van der Waals surface area contributed by atoms with Crippen LogP contribution in [0, 0.1) is 5.92 Å². The molecule has 2 aliphatic rings. The fraction of sp³-hybridized carbons (Fsp3) is 0.611. The van der Waals surface area contributed by atoms with Crippen molar-refractivity contribution in [3.63, 3.8) is 0 Å². The average molecular weight is 387 g/mol. The Morgan fingerprint density at radius 3 is 2.80 bits per heavy atom. The predicted octanol–water partition coefficient (Wildman–Crippen LogP) is 1.83. The van der Waals surface area contributed by atoms with Crippen LogP contribution in [-0.4, -0.2) is 51.7 Å². The summed E-state index contributed by atoms with van der Waals surface area (Å²) in [7, 11) is -1.48. The quantitative estimate of drug-likeness (QED) is 0.810. The second-order valence-electron chi connectivity index (χ2n) is 6.91. The zero-order chi connectivity index (χ0) is 17.2. The van der Waals surface area contributed by atoms with Gasteiger partial charge in [0.05, 0.1) is 10.6 Å². The summed E-state index contributed by atoms with van der Waals surface area (Å²) in [5, 5.41) is 3.13. The van der Waals surface area contributed by atoms with E-state index in [1.807, 2.05) is 13.1 Å². The van der Waals surface area contributed by atoms with Crippen LogP contribution in [0.15, 0.2) is 23.1 Å². The highest BCUT2D eigenvalue weighted by atomic mass is 35.5. The number of nitrogens with one attached hydrogen (secondary N) is 1. The first-order valence-electron chi connectivity index (χ1n) is 8.76. The molecule has 1 heterocycles. The minimum Gasteiger partial charge on any atom is -0.342 e. The number of likely N-dealkylation sites (tertiary alicyclic amines) is 1. The Kier molecular flexibility index (Phi) is 6.88. The Bertz CT molecular complexity index is 721. The number of sulfone groups is 1. The molecule has 5 nitrogen and oxygen atoms in total. The van der Waals surface area contributed by atoms with Crippen LogP contribution in [-0.2, 0) is 27.5 Å². The highest BCUT2D eigenvalue weighted by molar-refractivity contribution is 7.91. The van der Waals surface area contributed by atoms with E-state index in [9.17, 15) is 13.2 Å². The van der Waals surface area contributed by atoms with Crippen molar-refractivity contribution < 1.29 is 13.2 Å². The maximum absolute atomic E-state index is 12.5. The van der Waals surface area contributed by atoms with E-state index >= 15 is 0 Å². The Morgan fingerprint density at radius 2 is 2.04 bits per heavy atom. The highest BCUT2D eigenvalue weighted by Gasteiger charge is 2.27. The third-order valence-electron chi connectivity index (χ3n) is 5.15. The van der Waals surface area contributed by atoms with Gasteiger partial charge in [0.2, 0.25) is 5.91 Å². The zero-order valence-electron chi connectivity index (χ0n) is 14.7. The number of hydrogen-bond acceptors (Lipinski definition) is 4. The maximum Gasteiger partial charge on any atom is 0.223 e. The van der Waals surface area contributed by atoms with E-state index in [1.54, 1.807) is 17.0 Å². The van der Waals surface area contributed by atoms with Gasteiger partial charge >= 0.3 is 0 Å². The molecule has 0 bridgehead atoms. The van der Waals surface area contributed by atoms with Crippen LogP contribution < -0.4 is 5.32 Å². The normalized spacial score (nSPS) is 19.6. The molecule has 1 fully saturated rings. The first-order valence-corrected chi connectivity index (χ1v) is 10.4. The van der Waals surface area contributed by atoms with E-state index < -0.39 is 9.84 Å². The van der Waals surface area contributed by atoms with Crippen molar-refractivity contribution in [3.05, 3.63) is 29.3 Å². The van der Waals surface area contributed by atoms with Gasteiger partial charge < -0.3 is 10.2 Å². The lowest BCUT2D eigenvalue weighted by Crippen LogP contribution is -2.31. The van der Waals surface area contributed by atoms with Gasteiger partial charge in [-0.25, -0.2) is 8.42 Å². The summed E-state index contributed by atoms with van der Waals surface area (Å²) >= 11 is 0. The van der Waals surface area contributed by atoms with E-state index in [1.165, 1.54) is 5.56 Å². The minimum atomic E-state index is -3.39. The van der Waals surface area contributed by atoms with E-state index in [-0.39, 0.29) is 30.5 Å². The number of aryl methyl sites for hydroxylation is 2. The molecule has 1 N–H and O–H groups in total. The number of amides is 1. The fourth-order valence-electron chi connectivity index (χ4n) is 3.75. The van der Waals surface area contributed by atoms with E-state index in [4.69, 9.17) is 0 Å². The number of fused-ring (bicyclic) bond motifs is 1. The molecule has 140 valence electrons. The Balaban J connectivity index is 0.00000225. The van der Waals surface area contributed by atoms with Gasteiger partial charge in [-0.3, -0.25) is 4.79 Å². The van der Waals surface area contributed by atoms with Gasteiger partial charge in [-0.1, -0.05) is 6.07 Å². The SMILES string of the molecule is CNCC1CCN(C(=O)CCS(=O)(=O)c2ccc3c(c2)CCC3)C1.Cl. The lowest BCUT2D eigenvalue weighted by Gasteiger charge is -2.16. The summed E-state index contributed by atoms with van der Waals surface area (Å²) in [4.78, 5) is 14.5. The van der Waals surface area contributed by atoms with E-state index in [0.29, 0.717) is 10.8 Å². The van der Waals surface area contributed by atoms with Crippen LogP contribution in [0.2, 0.25) is 0 Å². The van der Waals surface area contributed by atoms with E-state index in [2.05, 4.69) is 5.32 Å². The third kappa shape index (κ3) is 4.74. The molecule has 0 saturated carbocycles. The number of rotatable bonds is 6. The molecule has 1 unspecified atom stereocenters. The minimum absolute atomic E-state index is 0. The van der Waals surface area contributed by atoms with Gasteiger partial charge in [0, 0.05) is 19.5 Å². The van der Waals surface area contributed by atoms with Crippen molar-refractivity contribution in [1.82, 2.24) is 10.2 Å². The molecular formula is C18H27ClN2O3S. The molecule has 1 aromatic rings. The molecule has 1 saturated heterocycles. The van der Waals surface area contributed by atoms with E-state index in [0.717, 1.165) is 50.9 Å². The molecule has 1 aliphatic heterocycles. The number of nitrogens with zero attached hydrogens (tertiary/aromatic N) is 1. The number of carbonyl (C=O) groups excluding carboxylic acids is 1. The van der Waals surface area contributed by atoms with Crippen LogP contribution in [0.5, 0.6) is 0 Å². The lowest BCUT2D eigenvalue weighted by atomic mass is 10.1. The molecule has 1 atom stereocenters. The van der Waals surface area contributed by atoms with Gasteiger partial charge in [-0.15, -0.1) is 12.4 Å². The van der Waals surface area contributed by atoms with Crippen molar-refractivity contribution in [1.29, 1.82) is 0 Å². The van der Waals surface area contributed by atoms with Crippen LogP contribution in [0.1, 0.15) is 30.4 Å². The summed E-state index contributed by atoms with van der Waals surface area (Å²) < 4.78 is 25.1. The smallest absolute Gasteiger partial charge is 0.223 e. The average Bonchev–Trinajstić information content (AvgIpc) is 3.21. The molecule has 3 rings (SSSR count). The zero-order valence-corrected chi connectivity index (χ0v) is 16.3. The van der Waals surface area contributed by atoms with Gasteiger partial charge in [0.1, 0.15) is 0 Å². The van der Waals surface area contributed by atoms with Crippen molar-refractivity contribution >= 4 is 28.2 Å². The molecule has 1 aliphatic carbocycles. The molecule has 1 amide bonds. The molecule has 7 heteroatoms. The van der Waals surface area contributed by atoms with Gasteiger partial charge in [-0.2, -0.15) is 0 Å². The summed E-state index contributed by atoms with van der Waals surface area (Å²) in [6.45, 7) is 2.37. The van der Waals surface area contributed by atoms with Gasteiger partial charge in [0.25, 0.3) is 0 Å². The fourth-order valence-corrected chi connectivity index (χ4v) is 5.03. The molecular weight excluding hydrogens is 360 g/mol. The lowest BCUT2D eigenvalue weighted by molar-refractivity contribution is -0.129. The highest BCUT2D eigenvalue weighted by Crippen LogP contribution is 2.25. The standard InChI is InChI=1S/C18H26N2O3S.ClH/c1-19-12-14-7-9-20(13-14)18(21)8-10-24(22,23)17-6-5-15-3-2-4-16(15)11-17;/h5-6,11,14,19H,2-4,7-10,12-13H2,1H3;1H. The van der Waals surface area contributed by atoms with Crippen LogP contribution in [0.25, 0.3) is 0 Å². The van der Waals surface area contributed by atoms with Crippen LogP contribution in [0.4, 0.5) is 0 Å². The maximum atomic E-state index is 12.5. The topological polar surface area (TPSA) is 66.5 Å². The monoisotopic (exact) mass is 386 g/mol. The third-order valence-corrected chi connectivity index (χ3v) is 6.86. The first-order chi connectivity index (χ1) is 11.5. The Morgan fingerprint density at radius 1 is 1.28 bits per heavy atom. The van der Waals surface area contributed by atoms with Crippen molar-refractivity contribution in [2.24, 2.45) is 5.92 Å². The number of carbonyl (C=O) groups is 1. The van der Waals surface area contributed by atoms with Crippen molar-refractivity contribution in [2.75, 3.05) is 32.4 Å². The first kappa shape index (κ1) is 20.2. The Hall–Kier alpha value is -1.11. The van der Waals surface area contributed by atoms with Crippen LogP contribution >= 0.6 is 12.4 Å². The summed E-state index contributed by atoms with van der Waals surface area (Å²) in [5.41, 5.74) is 2.41. The van der Waals surface area contributed by atoms with Gasteiger partial charge in [0.15, 0.2) is 9.84 Å². The number of benzene rings is 1. The number of hydrogen-bond donors (Lipinski definition) is 1. The number of halogens is 1. The summed E-state index contributed by atoms with van der Waals surface area (Å²) in [6.07, 6.45) is 4.16. The molecule has 0 spiro atoms. The predicted molar refractivity (Wildman–Crippen MR) is 101 cm³/mol.